The predicted molar refractivity (Wildman–Crippen MR) is 120 cm³/mol. The van der Waals surface area contributed by atoms with Gasteiger partial charge >= 0.3 is 0 Å². The molecular weight excluding hydrogens is 467 g/mol. The van der Waals surface area contributed by atoms with Crippen molar-refractivity contribution < 1.29 is 14.3 Å². The van der Waals surface area contributed by atoms with Gasteiger partial charge in [0, 0.05) is 5.69 Å². The van der Waals surface area contributed by atoms with Crippen LogP contribution in [0.2, 0.25) is 0 Å². The summed E-state index contributed by atoms with van der Waals surface area (Å²) in [6, 6.07) is 11.3. The number of nitrogens with zero attached hydrogens (tertiary/aromatic N) is 1. The van der Waals surface area contributed by atoms with E-state index in [1.807, 2.05) is 58.0 Å². The Hall–Kier alpha value is -2.53. The quantitative estimate of drug-likeness (QED) is 0.341. The van der Waals surface area contributed by atoms with E-state index in [1.54, 1.807) is 19.3 Å². The molecule has 0 fully saturated rings. The van der Waals surface area contributed by atoms with Crippen LogP contribution in [-0.2, 0) is 4.79 Å². The third-order valence-electron chi connectivity index (χ3n) is 3.91. The van der Waals surface area contributed by atoms with Gasteiger partial charge in [-0.2, -0.15) is 5.26 Å². The number of anilines is 1. The fraction of sp³-hybridized carbons (Fsp3) is 0.273. The number of hydrogen-bond donors (Lipinski definition) is 1. The van der Waals surface area contributed by atoms with Crippen LogP contribution in [0.1, 0.15) is 30.5 Å². The smallest absolute Gasteiger partial charge is 0.266 e. The standard InChI is InChI=1S/C22H23IN2O3/c1-13(2)28-21-18(23)10-16(11-20(21)27-5)9-17(12-24)22(26)25-19-7-6-14(3)8-15(19)4/h6-11,13H,1-5H3,(H,25,26)/b17-9+. The molecule has 1 amide bonds. The summed E-state index contributed by atoms with van der Waals surface area (Å²) in [4.78, 5) is 12.6. The van der Waals surface area contributed by atoms with Crippen LogP contribution in [0.15, 0.2) is 35.9 Å². The summed E-state index contributed by atoms with van der Waals surface area (Å²) in [6.07, 6.45) is 1.55. The van der Waals surface area contributed by atoms with Crippen molar-refractivity contribution in [3.05, 3.63) is 56.2 Å². The summed E-state index contributed by atoms with van der Waals surface area (Å²) in [5.41, 5.74) is 3.43. The number of aryl methyl sites for hydroxylation is 2. The SMILES string of the molecule is COc1cc(/C=C(\C#N)C(=O)Nc2ccc(C)cc2C)cc(I)c1OC(C)C. The van der Waals surface area contributed by atoms with Crippen LogP contribution >= 0.6 is 22.6 Å². The van der Waals surface area contributed by atoms with Crippen molar-refractivity contribution in [3.63, 3.8) is 0 Å². The van der Waals surface area contributed by atoms with Crippen LogP contribution < -0.4 is 14.8 Å². The lowest BCUT2D eigenvalue weighted by atomic mass is 10.1. The average Bonchev–Trinajstić information content (AvgIpc) is 2.63. The maximum absolute atomic E-state index is 12.6. The molecule has 0 aromatic heterocycles. The molecule has 146 valence electrons. The number of nitrogens with one attached hydrogen (secondary N) is 1. The molecule has 0 heterocycles. The normalized spacial score (nSPS) is 11.1. The van der Waals surface area contributed by atoms with E-state index >= 15 is 0 Å². The maximum Gasteiger partial charge on any atom is 0.266 e. The summed E-state index contributed by atoms with van der Waals surface area (Å²) in [5, 5.41) is 12.3. The summed E-state index contributed by atoms with van der Waals surface area (Å²) < 4.78 is 12.1. The minimum Gasteiger partial charge on any atom is -0.493 e. The fourth-order valence-corrected chi connectivity index (χ4v) is 3.38. The third-order valence-corrected chi connectivity index (χ3v) is 4.71. The second-order valence-electron chi connectivity index (χ2n) is 6.64. The number of rotatable bonds is 6. The molecule has 2 rings (SSSR count). The molecule has 28 heavy (non-hydrogen) atoms. The molecule has 0 spiro atoms. The van der Waals surface area contributed by atoms with E-state index in [9.17, 15) is 10.1 Å². The third kappa shape index (κ3) is 5.49. The van der Waals surface area contributed by atoms with E-state index in [1.165, 1.54) is 0 Å². The van der Waals surface area contributed by atoms with Crippen LogP contribution in [-0.4, -0.2) is 19.1 Å². The van der Waals surface area contributed by atoms with E-state index in [-0.39, 0.29) is 11.7 Å². The van der Waals surface area contributed by atoms with Crippen molar-refractivity contribution in [1.82, 2.24) is 0 Å². The first-order valence-electron chi connectivity index (χ1n) is 8.79. The number of carbonyl (C=O) groups is 1. The highest BCUT2D eigenvalue weighted by molar-refractivity contribution is 14.1. The van der Waals surface area contributed by atoms with Gasteiger partial charge < -0.3 is 14.8 Å². The van der Waals surface area contributed by atoms with Crippen LogP contribution in [0.3, 0.4) is 0 Å². The number of amides is 1. The summed E-state index contributed by atoms with van der Waals surface area (Å²) in [5.74, 6) is 0.748. The zero-order valence-corrected chi connectivity index (χ0v) is 18.7. The lowest BCUT2D eigenvalue weighted by Gasteiger charge is -2.16. The van der Waals surface area contributed by atoms with Crippen molar-refractivity contribution in [2.75, 3.05) is 12.4 Å². The Bertz CT molecular complexity index is 959. The number of hydrogen-bond acceptors (Lipinski definition) is 4. The van der Waals surface area contributed by atoms with Gasteiger partial charge in [-0.1, -0.05) is 17.7 Å². The average molecular weight is 490 g/mol. The van der Waals surface area contributed by atoms with E-state index < -0.39 is 5.91 Å². The molecule has 5 nitrogen and oxygen atoms in total. The first kappa shape index (κ1) is 21.8. The Morgan fingerprint density at radius 2 is 1.96 bits per heavy atom. The second-order valence-corrected chi connectivity index (χ2v) is 7.81. The van der Waals surface area contributed by atoms with E-state index in [4.69, 9.17) is 9.47 Å². The van der Waals surface area contributed by atoms with Gasteiger partial charge in [0.25, 0.3) is 5.91 Å². The number of halogens is 1. The molecule has 0 radical (unpaired) electrons. The molecule has 0 unspecified atom stereocenters. The highest BCUT2D eigenvalue weighted by atomic mass is 127. The lowest BCUT2D eigenvalue weighted by Crippen LogP contribution is -2.14. The summed E-state index contributed by atoms with van der Waals surface area (Å²) in [6.45, 7) is 7.78. The van der Waals surface area contributed by atoms with Crippen molar-refractivity contribution in [3.8, 4) is 17.6 Å². The summed E-state index contributed by atoms with van der Waals surface area (Å²) in [7, 11) is 1.56. The molecule has 6 heteroatoms. The Morgan fingerprint density at radius 3 is 2.54 bits per heavy atom. The molecule has 0 saturated heterocycles. The first-order valence-corrected chi connectivity index (χ1v) is 9.87. The molecule has 0 aliphatic carbocycles. The van der Waals surface area contributed by atoms with Gasteiger partial charge in [0.15, 0.2) is 11.5 Å². The monoisotopic (exact) mass is 490 g/mol. The maximum atomic E-state index is 12.6. The van der Waals surface area contributed by atoms with Crippen molar-refractivity contribution in [2.24, 2.45) is 0 Å². The van der Waals surface area contributed by atoms with Gasteiger partial charge in [0.2, 0.25) is 0 Å². The van der Waals surface area contributed by atoms with Crippen molar-refractivity contribution in [1.29, 1.82) is 5.26 Å². The Balaban J connectivity index is 2.34. The van der Waals surface area contributed by atoms with Gasteiger partial charge in [-0.05, 0) is 85.7 Å². The minimum atomic E-state index is -0.453. The topological polar surface area (TPSA) is 71.3 Å². The molecule has 0 aliphatic heterocycles. The predicted octanol–water partition coefficient (Wildman–Crippen LogP) is 5.25. The number of carbonyl (C=O) groups excluding carboxylic acids is 1. The van der Waals surface area contributed by atoms with Gasteiger partial charge in [-0.15, -0.1) is 0 Å². The van der Waals surface area contributed by atoms with Crippen LogP contribution in [0.4, 0.5) is 5.69 Å². The number of nitriles is 1. The highest BCUT2D eigenvalue weighted by Gasteiger charge is 2.15. The highest BCUT2D eigenvalue weighted by Crippen LogP contribution is 2.35. The van der Waals surface area contributed by atoms with Crippen LogP contribution in [0.5, 0.6) is 11.5 Å². The second kappa shape index (κ2) is 9.60. The zero-order valence-electron chi connectivity index (χ0n) is 16.6. The zero-order chi connectivity index (χ0) is 20.8. The Kier molecular flexibility index (Phi) is 7.46. The molecule has 1 N–H and O–H groups in total. The van der Waals surface area contributed by atoms with Crippen molar-refractivity contribution >= 4 is 40.3 Å². The van der Waals surface area contributed by atoms with Gasteiger partial charge in [-0.25, -0.2) is 0 Å². The van der Waals surface area contributed by atoms with Gasteiger partial charge in [-0.3, -0.25) is 4.79 Å². The molecule has 0 atom stereocenters. The number of methoxy groups -OCH3 is 1. The van der Waals surface area contributed by atoms with Crippen LogP contribution in [0, 0.1) is 28.7 Å². The first-order chi connectivity index (χ1) is 13.2. The number of ether oxygens (including phenoxy) is 2. The molecule has 2 aromatic rings. The summed E-state index contributed by atoms with van der Waals surface area (Å²) >= 11 is 2.15. The molecule has 0 saturated carbocycles. The van der Waals surface area contributed by atoms with Gasteiger partial charge in [0.1, 0.15) is 11.6 Å². The van der Waals surface area contributed by atoms with E-state index in [2.05, 4.69) is 27.9 Å². The molecule has 0 bridgehead atoms. The molecule has 0 aliphatic rings. The fourth-order valence-electron chi connectivity index (χ4n) is 2.63. The largest absolute Gasteiger partial charge is 0.493 e. The minimum absolute atomic E-state index is 0.00186. The van der Waals surface area contributed by atoms with Crippen molar-refractivity contribution in [2.45, 2.75) is 33.8 Å². The number of benzene rings is 2. The Labute approximate surface area is 179 Å². The lowest BCUT2D eigenvalue weighted by molar-refractivity contribution is -0.112. The molecular formula is C22H23IN2O3. The van der Waals surface area contributed by atoms with E-state index in [0.717, 1.165) is 14.7 Å². The van der Waals surface area contributed by atoms with E-state index in [0.29, 0.717) is 22.7 Å². The van der Waals surface area contributed by atoms with Crippen LogP contribution in [0.25, 0.3) is 6.08 Å². The Morgan fingerprint density at radius 1 is 1.25 bits per heavy atom. The van der Waals surface area contributed by atoms with Gasteiger partial charge in [0.05, 0.1) is 16.8 Å². The molecule has 2 aromatic carbocycles.